The van der Waals surface area contributed by atoms with E-state index in [1.165, 1.54) is 35.7 Å². The lowest BCUT2D eigenvalue weighted by Gasteiger charge is -2.39. The smallest absolute Gasteiger partial charge is 0.279 e. The summed E-state index contributed by atoms with van der Waals surface area (Å²) in [7, 11) is 0. The molecule has 3 aliphatic rings. The second-order valence-corrected chi connectivity index (χ2v) is 10.0. The lowest BCUT2D eigenvalue weighted by atomic mass is 9.84. The molecule has 1 aliphatic carbocycles. The van der Waals surface area contributed by atoms with Crippen molar-refractivity contribution in [3.8, 4) is 0 Å². The van der Waals surface area contributed by atoms with E-state index in [9.17, 15) is 18.4 Å². The van der Waals surface area contributed by atoms with E-state index in [2.05, 4.69) is 20.6 Å². The summed E-state index contributed by atoms with van der Waals surface area (Å²) in [5, 5.41) is 12.1. The lowest BCUT2D eigenvalue weighted by molar-refractivity contribution is -0.115. The molecular weight excluding hydrogens is 504 g/mol. The van der Waals surface area contributed by atoms with E-state index in [-0.39, 0.29) is 30.0 Å². The highest BCUT2D eigenvalue weighted by Crippen LogP contribution is 2.38. The van der Waals surface area contributed by atoms with Gasteiger partial charge in [-0.05, 0) is 61.2 Å². The predicted octanol–water partition coefficient (Wildman–Crippen LogP) is 5.07. The fourth-order valence-corrected chi connectivity index (χ4v) is 5.47. The zero-order chi connectivity index (χ0) is 26.9. The van der Waals surface area contributed by atoms with Crippen molar-refractivity contribution in [1.29, 1.82) is 0 Å². The van der Waals surface area contributed by atoms with Crippen molar-refractivity contribution in [2.24, 2.45) is 11.0 Å². The number of amides is 2. The maximum Gasteiger partial charge on any atom is 0.279 e. The number of hydrogen-bond acceptors (Lipinski definition) is 7. The molecule has 0 saturated heterocycles. The van der Waals surface area contributed by atoms with Gasteiger partial charge in [0, 0.05) is 17.8 Å². The number of hydrogen-bond donors (Lipinski definition) is 2. The average molecular weight is 532 g/mol. The van der Waals surface area contributed by atoms with Gasteiger partial charge in [0.25, 0.3) is 5.91 Å². The molecule has 1 fully saturated rings. The van der Waals surface area contributed by atoms with E-state index in [1.54, 1.807) is 29.3 Å². The number of nitrogens with zero attached hydrogens (tertiary/aromatic N) is 5. The third kappa shape index (κ3) is 5.16. The summed E-state index contributed by atoms with van der Waals surface area (Å²) in [5.41, 5.74) is 2.47. The Morgan fingerprint density at radius 3 is 2.46 bits per heavy atom. The summed E-state index contributed by atoms with van der Waals surface area (Å²) < 4.78 is 26.6. The number of rotatable bonds is 6. The van der Waals surface area contributed by atoms with Gasteiger partial charge >= 0.3 is 0 Å². The third-order valence-electron chi connectivity index (χ3n) is 7.37. The van der Waals surface area contributed by atoms with Gasteiger partial charge in [-0.25, -0.2) is 23.8 Å². The van der Waals surface area contributed by atoms with E-state index in [4.69, 9.17) is 5.10 Å². The number of aromatic nitrogens is 2. The van der Waals surface area contributed by atoms with Crippen LogP contribution in [0.1, 0.15) is 48.9 Å². The van der Waals surface area contributed by atoms with Crippen molar-refractivity contribution in [3.63, 3.8) is 0 Å². The van der Waals surface area contributed by atoms with Gasteiger partial charge in [-0.2, -0.15) is 5.10 Å². The number of hydrazone groups is 1. The largest absolute Gasteiger partial charge is 0.354 e. The van der Waals surface area contributed by atoms with E-state index in [0.29, 0.717) is 35.1 Å². The van der Waals surface area contributed by atoms with Crippen LogP contribution in [0.3, 0.4) is 0 Å². The standard InChI is InChI=1S/C28H27F2N7O2/c29-18-6-9-20(10-7-18)33-21-12-22-27(32-15-21)36(16-25(38)34-24-11-8-19(30)14-31-24)26-13-23(35-37(26)28(22)39)17-4-2-1-3-5-17/h6-12,14-15,17,26,33H,1-5,13,16H2,(H,31,34,38). The Morgan fingerprint density at radius 1 is 0.949 bits per heavy atom. The van der Waals surface area contributed by atoms with Crippen molar-refractivity contribution in [2.75, 3.05) is 22.1 Å². The van der Waals surface area contributed by atoms with Gasteiger partial charge in [0.15, 0.2) is 0 Å². The van der Waals surface area contributed by atoms with Crippen molar-refractivity contribution >= 4 is 40.5 Å². The first-order valence-corrected chi connectivity index (χ1v) is 13.1. The van der Waals surface area contributed by atoms with Gasteiger partial charge in [-0.1, -0.05) is 19.3 Å². The van der Waals surface area contributed by atoms with E-state index in [1.807, 2.05) is 0 Å². The minimum atomic E-state index is -0.500. The van der Waals surface area contributed by atoms with Crippen molar-refractivity contribution in [1.82, 2.24) is 15.0 Å². The fraction of sp³-hybridized carbons (Fsp3) is 0.321. The molecule has 0 spiro atoms. The highest BCUT2D eigenvalue weighted by molar-refractivity contribution is 6.06. The Bertz CT molecular complexity index is 1420. The van der Waals surface area contributed by atoms with Crippen LogP contribution in [0.5, 0.6) is 0 Å². The normalized spacial score (nSPS) is 18.9. The number of halogens is 2. The summed E-state index contributed by atoms with van der Waals surface area (Å²) >= 11 is 0. The van der Waals surface area contributed by atoms with Crippen LogP contribution >= 0.6 is 0 Å². The molecule has 0 radical (unpaired) electrons. The molecule has 3 aromatic rings. The molecule has 1 unspecified atom stereocenters. The quantitative estimate of drug-likeness (QED) is 0.461. The van der Waals surface area contributed by atoms with Crippen molar-refractivity contribution in [2.45, 2.75) is 44.7 Å². The van der Waals surface area contributed by atoms with Crippen LogP contribution in [0.2, 0.25) is 0 Å². The van der Waals surface area contributed by atoms with Crippen molar-refractivity contribution < 1.29 is 18.4 Å². The molecular formula is C28H27F2N7O2. The van der Waals surface area contributed by atoms with Crippen LogP contribution in [-0.4, -0.2) is 45.2 Å². The number of benzene rings is 1. The average Bonchev–Trinajstić information content (AvgIpc) is 3.40. The van der Waals surface area contributed by atoms with Crippen LogP contribution < -0.4 is 15.5 Å². The minimum absolute atomic E-state index is 0.105. The molecule has 2 N–H and O–H groups in total. The van der Waals surface area contributed by atoms with E-state index in [0.717, 1.165) is 37.6 Å². The van der Waals surface area contributed by atoms with Crippen LogP contribution in [0, 0.1) is 17.6 Å². The molecule has 200 valence electrons. The number of fused-ring (bicyclic) bond motifs is 2. The maximum absolute atomic E-state index is 13.7. The third-order valence-corrected chi connectivity index (χ3v) is 7.37. The van der Waals surface area contributed by atoms with Gasteiger partial charge < -0.3 is 15.5 Å². The van der Waals surface area contributed by atoms with Gasteiger partial charge in [0.05, 0.1) is 23.6 Å². The number of pyridine rings is 2. The van der Waals surface area contributed by atoms with Gasteiger partial charge in [-0.15, -0.1) is 0 Å². The molecule has 11 heteroatoms. The molecule has 1 atom stereocenters. The Kier molecular flexibility index (Phi) is 6.64. The minimum Gasteiger partial charge on any atom is -0.354 e. The maximum atomic E-state index is 13.7. The van der Waals surface area contributed by atoms with Gasteiger partial charge in [0.2, 0.25) is 5.91 Å². The Hall–Kier alpha value is -4.41. The topological polar surface area (TPSA) is 103 Å². The van der Waals surface area contributed by atoms with E-state index >= 15 is 0 Å². The molecule has 39 heavy (non-hydrogen) atoms. The van der Waals surface area contributed by atoms with Gasteiger partial charge in [-0.3, -0.25) is 9.59 Å². The summed E-state index contributed by atoms with van der Waals surface area (Å²) in [6, 6.07) is 10.1. The first-order chi connectivity index (χ1) is 18.9. The highest BCUT2D eigenvalue weighted by atomic mass is 19.1. The highest BCUT2D eigenvalue weighted by Gasteiger charge is 2.45. The number of carbonyl (C=O) groups excluding carboxylic acids is 2. The summed E-state index contributed by atoms with van der Waals surface area (Å²) in [5.74, 6) is -0.584. The monoisotopic (exact) mass is 531 g/mol. The molecule has 4 heterocycles. The van der Waals surface area contributed by atoms with Crippen molar-refractivity contribution in [3.05, 3.63) is 72.1 Å². The van der Waals surface area contributed by atoms with Crippen LogP contribution in [0.25, 0.3) is 0 Å². The van der Waals surface area contributed by atoms with Crippen LogP contribution in [-0.2, 0) is 4.79 Å². The zero-order valence-corrected chi connectivity index (χ0v) is 21.1. The molecule has 2 amide bonds. The second kappa shape index (κ2) is 10.4. The second-order valence-electron chi connectivity index (χ2n) is 10.0. The van der Waals surface area contributed by atoms with Gasteiger partial charge in [0.1, 0.15) is 36.0 Å². The number of nitrogens with one attached hydrogen (secondary N) is 2. The number of carbonyl (C=O) groups is 2. The van der Waals surface area contributed by atoms with Crippen LogP contribution in [0.4, 0.5) is 31.8 Å². The molecule has 1 saturated carbocycles. The number of anilines is 4. The Balaban J connectivity index is 1.30. The SMILES string of the molecule is O=C(CN1c2ncc(Nc3ccc(F)cc3)cc2C(=O)N2N=C(C3CCCCC3)CC21)Nc1ccc(F)cn1. The van der Waals surface area contributed by atoms with Crippen LogP contribution in [0.15, 0.2) is 60.0 Å². The zero-order valence-electron chi connectivity index (χ0n) is 21.1. The fourth-order valence-electron chi connectivity index (χ4n) is 5.47. The molecule has 6 rings (SSSR count). The Labute approximate surface area is 223 Å². The summed E-state index contributed by atoms with van der Waals surface area (Å²) in [6.45, 7) is -0.105. The first-order valence-electron chi connectivity index (χ1n) is 13.1. The summed E-state index contributed by atoms with van der Waals surface area (Å²) in [6.07, 6.45) is 8.24. The molecule has 1 aromatic carbocycles. The first kappa shape index (κ1) is 24.9. The molecule has 9 nitrogen and oxygen atoms in total. The lowest BCUT2D eigenvalue weighted by Crippen LogP contribution is -2.53. The summed E-state index contributed by atoms with van der Waals surface area (Å²) in [4.78, 5) is 37.0. The molecule has 0 bridgehead atoms. The molecule has 2 aliphatic heterocycles. The Morgan fingerprint density at radius 2 is 1.72 bits per heavy atom. The molecule has 2 aromatic heterocycles. The predicted molar refractivity (Wildman–Crippen MR) is 143 cm³/mol. The van der Waals surface area contributed by atoms with E-state index < -0.39 is 12.0 Å².